The summed E-state index contributed by atoms with van der Waals surface area (Å²) in [5, 5.41) is 6.83. The Balaban J connectivity index is 1.99. The predicted molar refractivity (Wildman–Crippen MR) is 88.7 cm³/mol. The van der Waals surface area contributed by atoms with Gasteiger partial charge in [0.2, 0.25) is 5.95 Å². The Morgan fingerprint density at radius 1 is 1.35 bits per heavy atom. The highest BCUT2D eigenvalue weighted by molar-refractivity contribution is 6.05. The highest BCUT2D eigenvalue weighted by Crippen LogP contribution is 2.24. The van der Waals surface area contributed by atoms with E-state index < -0.39 is 0 Å². The largest absolute Gasteiger partial charge is 0.360 e. The first-order valence-electron chi connectivity index (χ1n) is 7.75. The molecule has 0 bridgehead atoms. The zero-order chi connectivity index (χ0) is 16.6. The topological polar surface area (TPSA) is 73.0 Å². The van der Waals surface area contributed by atoms with Gasteiger partial charge in [-0.3, -0.25) is 10.1 Å². The number of carbonyl (C=O) groups excluding carboxylic acids is 1. The van der Waals surface area contributed by atoms with Gasteiger partial charge in [-0.1, -0.05) is 31.1 Å². The molecule has 0 atom stereocenters. The number of nitrogens with zero attached hydrogens (tertiary/aromatic N) is 3. The summed E-state index contributed by atoms with van der Waals surface area (Å²) in [6.07, 6.45) is 0. The number of benzene rings is 1. The molecule has 3 aromatic rings. The maximum Gasteiger partial charge on any atom is 0.263 e. The number of anilines is 1. The lowest BCUT2D eigenvalue weighted by Gasteiger charge is -2.08. The van der Waals surface area contributed by atoms with Gasteiger partial charge in [0, 0.05) is 12.5 Å². The number of imidazole rings is 1. The molecule has 0 radical (unpaired) electrons. The van der Waals surface area contributed by atoms with E-state index in [0.717, 1.165) is 17.6 Å². The van der Waals surface area contributed by atoms with Crippen molar-refractivity contribution in [3.05, 3.63) is 41.3 Å². The van der Waals surface area contributed by atoms with Crippen molar-refractivity contribution in [2.45, 2.75) is 40.2 Å². The van der Waals surface area contributed by atoms with Crippen molar-refractivity contribution in [3.63, 3.8) is 0 Å². The zero-order valence-electron chi connectivity index (χ0n) is 13.8. The molecule has 2 aromatic heterocycles. The minimum Gasteiger partial charge on any atom is -0.360 e. The summed E-state index contributed by atoms with van der Waals surface area (Å²) < 4.78 is 7.27. The van der Waals surface area contributed by atoms with Crippen molar-refractivity contribution in [1.82, 2.24) is 14.7 Å². The lowest BCUT2D eigenvalue weighted by atomic mass is 10.0. The van der Waals surface area contributed by atoms with E-state index in [1.54, 1.807) is 6.92 Å². The fourth-order valence-corrected chi connectivity index (χ4v) is 2.71. The Bertz CT molecular complexity index is 861. The Morgan fingerprint density at radius 2 is 2.09 bits per heavy atom. The van der Waals surface area contributed by atoms with E-state index in [1.165, 1.54) is 0 Å². The molecule has 0 saturated heterocycles. The smallest absolute Gasteiger partial charge is 0.263 e. The standard InChI is InChI=1S/C17H20N4O2/c1-5-21-13-9-7-6-8-12(13)18-17(21)19-16(22)14-11(4)20-23-15(14)10(2)3/h6-10H,5H2,1-4H3,(H,18,19,22). The Labute approximate surface area is 134 Å². The number of fused-ring (bicyclic) bond motifs is 1. The van der Waals surface area contributed by atoms with Crippen molar-refractivity contribution >= 4 is 22.9 Å². The maximum absolute atomic E-state index is 12.7. The van der Waals surface area contributed by atoms with Crippen LogP contribution < -0.4 is 5.32 Å². The molecule has 120 valence electrons. The van der Waals surface area contributed by atoms with Crippen molar-refractivity contribution in [3.8, 4) is 0 Å². The van der Waals surface area contributed by atoms with Gasteiger partial charge in [0.15, 0.2) is 5.76 Å². The molecule has 1 N–H and O–H groups in total. The van der Waals surface area contributed by atoms with Gasteiger partial charge in [-0.25, -0.2) is 4.98 Å². The quantitative estimate of drug-likeness (QED) is 0.796. The summed E-state index contributed by atoms with van der Waals surface area (Å²) >= 11 is 0. The van der Waals surface area contributed by atoms with Crippen LogP contribution >= 0.6 is 0 Å². The predicted octanol–water partition coefficient (Wildman–Crippen LogP) is 3.73. The van der Waals surface area contributed by atoms with Crippen LogP contribution in [0.3, 0.4) is 0 Å². The van der Waals surface area contributed by atoms with Crippen LogP contribution in [-0.4, -0.2) is 20.6 Å². The van der Waals surface area contributed by atoms with Gasteiger partial charge >= 0.3 is 0 Å². The van der Waals surface area contributed by atoms with Crippen LogP contribution in [-0.2, 0) is 6.54 Å². The molecule has 0 aliphatic rings. The van der Waals surface area contributed by atoms with E-state index in [1.807, 2.05) is 49.6 Å². The molecule has 1 aromatic carbocycles. The second-order valence-corrected chi connectivity index (χ2v) is 5.78. The second-order valence-electron chi connectivity index (χ2n) is 5.78. The van der Waals surface area contributed by atoms with Crippen LogP contribution in [0.4, 0.5) is 5.95 Å². The Kier molecular flexibility index (Phi) is 3.90. The molecular formula is C17H20N4O2. The first-order chi connectivity index (χ1) is 11.0. The molecule has 0 aliphatic heterocycles. The third-order valence-electron chi connectivity index (χ3n) is 3.84. The van der Waals surface area contributed by atoms with Crippen molar-refractivity contribution in [2.24, 2.45) is 0 Å². The fraction of sp³-hybridized carbons (Fsp3) is 0.353. The molecular weight excluding hydrogens is 292 g/mol. The molecule has 0 unspecified atom stereocenters. The highest BCUT2D eigenvalue weighted by Gasteiger charge is 2.24. The number of aromatic nitrogens is 3. The van der Waals surface area contributed by atoms with Crippen LogP contribution in [0.15, 0.2) is 28.8 Å². The summed E-state index contributed by atoms with van der Waals surface area (Å²) in [5.74, 6) is 0.979. The van der Waals surface area contributed by atoms with Crippen LogP contribution in [0.1, 0.15) is 48.5 Å². The van der Waals surface area contributed by atoms with Gasteiger partial charge in [0.05, 0.1) is 16.7 Å². The van der Waals surface area contributed by atoms with Crippen LogP contribution in [0.2, 0.25) is 0 Å². The van der Waals surface area contributed by atoms with Gasteiger partial charge < -0.3 is 9.09 Å². The molecule has 0 spiro atoms. The molecule has 2 heterocycles. The minimum absolute atomic E-state index is 0.0851. The first kappa shape index (κ1) is 15.3. The molecule has 0 aliphatic carbocycles. The number of rotatable bonds is 4. The van der Waals surface area contributed by atoms with Gasteiger partial charge in [-0.05, 0) is 26.0 Å². The molecule has 0 saturated carbocycles. The van der Waals surface area contributed by atoms with Crippen molar-refractivity contribution < 1.29 is 9.32 Å². The number of nitrogens with one attached hydrogen (secondary N) is 1. The summed E-state index contributed by atoms with van der Waals surface area (Å²) in [6, 6.07) is 7.82. The van der Waals surface area contributed by atoms with Crippen molar-refractivity contribution in [2.75, 3.05) is 5.32 Å². The van der Waals surface area contributed by atoms with Gasteiger partial charge in [-0.15, -0.1) is 0 Å². The SMILES string of the molecule is CCn1c(NC(=O)c2c(C)noc2C(C)C)nc2ccccc21. The molecule has 6 heteroatoms. The molecule has 23 heavy (non-hydrogen) atoms. The molecule has 1 amide bonds. The summed E-state index contributed by atoms with van der Waals surface area (Å²) in [6.45, 7) is 8.45. The third-order valence-corrected chi connectivity index (χ3v) is 3.84. The summed E-state index contributed by atoms with van der Waals surface area (Å²) in [4.78, 5) is 17.2. The lowest BCUT2D eigenvalue weighted by molar-refractivity contribution is 0.102. The normalized spacial score (nSPS) is 11.3. The van der Waals surface area contributed by atoms with E-state index in [0.29, 0.717) is 23.0 Å². The van der Waals surface area contributed by atoms with E-state index >= 15 is 0 Å². The van der Waals surface area contributed by atoms with E-state index in [2.05, 4.69) is 15.5 Å². The molecule has 6 nitrogen and oxygen atoms in total. The second kappa shape index (κ2) is 5.87. The monoisotopic (exact) mass is 312 g/mol. The summed E-state index contributed by atoms with van der Waals surface area (Å²) in [7, 11) is 0. The average Bonchev–Trinajstić information content (AvgIpc) is 3.07. The van der Waals surface area contributed by atoms with Gasteiger partial charge in [0.1, 0.15) is 5.56 Å². The summed E-state index contributed by atoms with van der Waals surface area (Å²) in [5.41, 5.74) is 2.94. The Morgan fingerprint density at radius 3 is 2.78 bits per heavy atom. The maximum atomic E-state index is 12.7. The number of hydrogen-bond acceptors (Lipinski definition) is 4. The van der Waals surface area contributed by atoms with E-state index in [9.17, 15) is 4.79 Å². The highest BCUT2D eigenvalue weighted by atomic mass is 16.5. The fourth-order valence-electron chi connectivity index (χ4n) is 2.71. The first-order valence-corrected chi connectivity index (χ1v) is 7.75. The van der Waals surface area contributed by atoms with Crippen LogP contribution in [0, 0.1) is 6.92 Å². The number of aryl methyl sites for hydroxylation is 2. The average molecular weight is 312 g/mol. The minimum atomic E-state index is -0.238. The van der Waals surface area contributed by atoms with E-state index in [-0.39, 0.29) is 11.8 Å². The molecule has 3 rings (SSSR count). The lowest BCUT2D eigenvalue weighted by Crippen LogP contribution is -2.18. The Hall–Kier alpha value is -2.63. The van der Waals surface area contributed by atoms with Crippen molar-refractivity contribution in [1.29, 1.82) is 0 Å². The zero-order valence-corrected chi connectivity index (χ0v) is 13.8. The van der Waals surface area contributed by atoms with Gasteiger partial charge in [-0.2, -0.15) is 0 Å². The number of carbonyl (C=O) groups is 1. The number of para-hydroxylation sites is 2. The van der Waals surface area contributed by atoms with Gasteiger partial charge in [0.25, 0.3) is 5.91 Å². The number of hydrogen-bond donors (Lipinski definition) is 1. The number of amides is 1. The van der Waals surface area contributed by atoms with Crippen LogP contribution in [0.25, 0.3) is 11.0 Å². The van der Waals surface area contributed by atoms with Crippen LogP contribution in [0.5, 0.6) is 0 Å². The molecule has 0 fully saturated rings. The van der Waals surface area contributed by atoms with E-state index in [4.69, 9.17) is 4.52 Å². The third kappa shape index (κ3) is 2.60.